The Morgan fingerprint density at radius 2 is 1.88 bits per heavy atom. The van der Waals surface area contributed by atoms with Crippen molar-refractivity contribution in [2.45, 2.75) is 6.92 Å². The van der Waals surface area contributed by atoms with Gasteiger partial charge in [0.15, 0.2) is 0 Å². The molecule has 1 saturated heterocycles. The highest BCUT2D eigenvalue weighted by Gasteiger charge is 2.36. The summed E-state index contributed by atoms with van der Waals surface area (Å²) in [5.41, 5.74) is 1.32. The average molecular weight is 612 g/mol. The molecular weight excluding hydrogens is 600 g/mol. The molecule has 2 amide bonds. The molecule has 1 aliphatic rings. The van der Waals surface area contributed by atoms with Crippen LogP contribution < -0.4 is 9.64 Å². The molecule has 1 fully saturated rings. The van der Waals surface area contributed by atoms with Crippen LogP contribution in [0, 0.1) is 7.14 Å². The second-order valence-corrected chi connectivity index (χ2v) is 9.00. The first-order chi connectivity index (χ1) is 12.4. The van der Waals surface area contributed by atoms with Gasteiger partial charge < -0.3 is 4.74 Å². The zero-order valence-electron chi connectivity index (χ0n) is 13.5. The number of rotatable bonds is 4. The number of ether oxygens (including phenoxy) is 1. The van der Waals surface area contributed by atoms with Gasteiger partial charge in [0.05, 0.1) is 24.3 Å². The highest BCUT2D eigenvalue weighted by molar-refractivity contribution is 14.1. The van der Waals surface area contributed by atoms with Gasteiger partial charge in [-0.15, -0.1) is 0 Å². The lowest BCUT2D eigenvalue weighted by molar-refractivity contribution is -0.113. The van der Waals surface area contributed by atoms with Gasteiger partial charge in [0, 0.05) is 5.02 Å². The summed E-state index contributed by atoms with van der Waals surface area (Å²) in [6, 6.07) is 10.6. The van der Waals surface area contributed by atoms with E-state index in [9.17, 15) is 9.59 Å². The van der Waals surface area contributed by atoms with Crippen molar-refractivity contribution in [3.05, 3.63) is 59.0 Å². The van der Waals surface area contributed by atoms with E-state index in [1.54, 1.807) is 30.3 Å². The molecule has 0 atom stereocenters. The normalized spacial score (nSPS) is 15.8. The van der Waals surface area contributed by atoms with Crippen LogP contribution in [-0.2, 0) is 4.79 Å². The minimum atomic E-state index is -0.346. The molecule has 0 spiro atoms. The second kappa shape index (κ2) is 8.49. The van der Waals surface area contributed by atoms with Gasteiger partial charge in [-0.2, -0.15) is 0 Å². The smallest absolute Gasteiger partial charge is 0.298 e. The maximum Gasteiger partial charge on any atom is 0.298 e. The predicted molar refractivity (Wildman–Crippen MR) is 123 cm³/mol. The Kier molecular flexibility index (Phi) is 6.52. The van der Waals surface area contributed by atoms with Gasteiger partial charge in [-0.3, -0.25) is 9.59 Å². The van der Waals surface area contributed by atoms with Crippen molar-refractivity contribution in [1.82, 2.24) is 0 Å². The third-order valence-corrected chi connectivity index (χ3v) is 6.17. The van der Waals surface area contributed by atoms with Crippen molar-refractivity contribution in [2.24, 2.45) is 0 Å². The summed E-state index contributed by atoms with van der Waals surface area (Å²) in [6.07, 6.45) is 1.73. The number of hydrogen-bond donors (Lipinski definition) is 0. The average Bonchev–Trinajstić information content (AvgIpc) is 2.85. The number of carbonyl (C=O) groups excluding carboxylic acids is 2. The molecule has 8 heteroatoms. The molecule has 0 unspecified atom stereocenters. The largest absolute Gasteiger partial charge is 0.492 e. The van der Waals surface area contributed by atoms with Crippen LogP contribution in [0.2, 0.25) is 5.02 Å². The van der Waals surface area contributed by atoms with E-state index in [4.69, 9.17) is 16.3 Å². The van der Waals surface area contributed by atoms with Crippen molar-refractivity contribution in [1.29, 1.82) is 0 Å². The first-order valence-corrected chi connectivity index (χ1v) is 10.9. The summed E-state index contributed by atoms with van der Waals surface area (Å²) in [5.74, 6) is 0.485. The molecule has 2 aromatic rings. The summed E-state index contributed by atoms with van der Waals surface area (Å²) < 4.78 is 7.54. The molecule has 0 aliphatic carbocycles. The standard InChI is InChI=1S/C18H12ClI2NO3S/c1-2-25-16-13(20)6-10(7-14(16)21)8-15-17(23)22(18(24)26-15)12-5-3-4-11(19)9-12/h3-9H,2H2,1H3/b15-8+. The molecule has 0 aromatic heterocycles. The van der Waals surface area contributed by atoms with E-state index in [-0.39, 0.29) is 11.1 Å². The lowest BCUT2D eigenvalue weighted by Gasteiger charge is -2.12. The zero-order chi connectivity index (χ0) is 18.8. The summed E-state index contributed by atoms with van der Waals surface area (Å²) in [7, 11) is 0. The van der Waals surface area contributed by atoms with Gasteiger partial charge in [-0.05, 0) is 106 Å². The van der Waals surface area contributed by atoms with Crippen molar-refractivity contribution in [3.63, 3.8) is 0 Å². The number of anilines is 1. The monoisotopic (exact) mass is 611 g/mol. The number of halogens is 3. The van der Waals surface area contributed by atoms with E-state index in [0.29, 0.717) is 22.2 Å². The highest BCUT2D eigenvalue weighted by atomic mass is 127. The zero-order valence-corrected chi connectivity index (χ0v) is 19.4. The van der Waals surface area contributed by atoms with Crippen LogP contribution in [-0.4, -0.2) is 17.8 Å². The van der Waals surface area contributed by atoms with Crippen LogP contribution >= 0.6 is 68.5 Å². The molecule has 0 radical (unpaired) electrons. The molecule has 1 aliphatic heterocycles. The van der Waals surface area contributed by atoms with Crippen LogP contribution in [0.4, 0.5) is 10.5 Å². The van der Waals surface area contributed by atoms with Crippen LogP contribution in [0.1, 0.15) is 12.5 Å². The molecule has 2 aromatic carbocycles. The maximum atomic E-state index is 12.7. The Hall–Kier alpha value is -0.780. The van der Waals surface area contributed by atoms with Crippen LogP contribution in [0.25, 0.3) is 6.08 Å². The topological polar surface area (TPSA) is 46.6 Å². The fraction of sp³-hybridized carbons (Fsp3) is 0.111. The number of imide groups is 1. The predicted octanol–water partition coefficient (Wildman–Crippen LogP) is 6.19. The fourth-order valence-electron chi connectivity index (χ4n) is 2.40. The summed E-state index contributed by atoms with van der Waals surface area (Å²) >= 11 is 11.3. The van der Waals surface area contributed by atoms with Crippen LogP contribution in [0.5, 0.6) is 5.75 Å². The number of benzene rings is 2. The van der Waals surface area contributed by atoms with Gasteiger partial charge >= 0.3 is 0 Å². The van der Waals surface area contributed by atoms with E-state index in [0.717, 1.165) is 35.1 Å². The Balaban J connectivity index is 1.93. The lowest BCUT2D eigenvalue weighted by atomic mass is 10.2. The number of hydrogen-bond acceptors (Lipinski definition) is 4. The summed E-state index contributed by atoms with van der Waals surface area (Å²) in [6.45, 7) is 2.52. The molecule has 0 saturated carbocycles. The molecule has 3 rings (SSSR count). The molecule has 0 N–H and O–H groups in total. The quantitative estimate of drug-likeness (QED) is 0.306. The van der Waals surface area contributed by atoms with Crippen molar-refractivity contribution < 1.29 is 14.3 Å². The molecule has 0 bridgehead atoms. The number of thioether (sulfide) groups is 1. The van der Waals surface area contributed by atoms with E-state index in [1.807, 2.05) is 19.1 Å². The Bertz CT molecular complexity index is 909. The van der Waals surface area contributed by atoms with Crippen molar-refractivity contribution in [3.8, 4) is 5.75 Å². The number of nitrogens with zero attached hydrogens (tertiary/aromatic N) is 1. The maximum absolute atomic E-state index is 12.7. The molecule has 4 nitrogen and oxygen atoms in total. The fourth-order valence-corrected chi connectivity index (χ4v) is 5.56. The number of carbonyl (C=O) groups is 2. The first-order valence-electron chi connectivity index (χ1n) is 7.56. The highest BCUT2D eigenvalue weighted by Crippen LogP contribution is 2.37. The Morgan fingerprint density at radius 3 is 2.50 bits per heavy atom. The number of amides is 2. The Morgan fingerprint density at radius 1 is 1.19 bits per heavy atom. The SMILES string of the molecule is CCOc1c(I)cc(/C=C2/SC(=O)N(c3cccc(Cl)c3)C2=O)cc1I. The van der Waals surface area contributed by atoms with Gasteiger partial charge in [-0.1, -0.05) is 17.7 Å². The molecule has 1 heterocycles. The summed E-state index contributed by atoms with van der Waals surface area (Å²) in [5, 5.41) is 0.139. The van der Waals surface area contributed by atoms with Gasteiger partial charge in [-0.25, -0.2) is 4.90 Å². The summed E-state index contributed by atoms with van der Waals surface area (Å²) in [4.78, 5) is 26.6. The van der Waals surface area contributed by atoms with Gasteiger partial charge in [0.25, 0.3) is 11.1 Å². The van der Waals surface area contributed by atoms with E-state index < -0.39 is 0 Å². The van der Waals surface area contributed by atoms with Crippen molar-refractivity contribution in [2.75, 3.05) is 11.5 Å². The van der Waals surface area contributed by atoms with E-state index >= 15 is 0 Å². The van der Waals surface area contributed by atoms with E-state index in [1.165, 1.54) is 0 Å². The molecular formula is C18H12ClI2NO3S. The minimum Gasteiger partial charge on any atom is -0.492 e. The minimum absolute atomic E-state index is 0.334. The second-order valence-electron chi connectivity index (χ2n) is 5.24. The van der Waals surface area contributed by atoms with Crippen LogP contribution in [0.15, 0.2) is 41.3 Å². The molecule has 134 valence electrons. The van der Waals surface area contributed by atoms with Gasteiger partial charge in [0.1, 0.15) is 5.75 Å². The van der Waals surface area contributed by atoms with Crippen LogP contribution in [0.3, 0.4) is 0 Å². The lowest BCUT2D eigenvalue weighted by Crippen LogP contribution is -2.27. The van der Waals surface area contributed by atoms with E-state index in [2.05, 4.69) is 45.2 Å². The third-order valence-electron chi connectivity index (χ3n) is 3.47. The van der Waals surface area contributed by atoms with Crippen molar-refractivity contribution >= 4 is 91.5 Å². The van der Waals surface area contributed by atoms with Gasteiger partial charge in [0.2, 0.25) is 0 Å². The molecule has 26 heavy (non-hydrogen) atoms. The third kappa shape index (κ3) is 4.20. The Labute approximate surface area is 187 Å². The first kappa shape index (κ1) is 20.0.